The number of rotatable bonds is 2. The van der Waals surface area contributed by atoms with Crippen LogP contribution in [0.2, 0.25) is 0 Å². The summed E-state index contributed by atoms with van der Waals surface area (Å²) in [6.45, 7) is 5.85. The highest BCUT2D eigenvalue weighted by atomic mass is 15.4. The van der Waals surface area contributed by atoms with Crippen LogP contribution in [0.4, 0.5) is 5.82 Å². The first-order valence-corrected chi connectivity index (χ1v) is 7.39. The van der Waals surface area contributed by atoms with Crippen LogP contribution in [-0.2, 0) is 12.8 Å². The minimum atomic E-state index is 0.403. The van der Waals surface area contributed by atoms with Gasteiger partial charge in [0.1, 0.15) is 11.6 Å². The summed E-state index contributed by atoms with van der Waals surface area (Å²) in [5, 5.41) is 3.27. The number of anilines is 1. The van der Waals surface area contributed by atoms with Crippen molar-refractivity contribution in [1.29, 1.82) is 0 Å². The Kier molecular flexibility index (Phi) is 2.70. The van der Waals surface area contributed by atoms with Crippen molar-refractivity contribution in [2.24, 2.45) is 0 Å². The Hall–Kier alpha value is -1.20. The molecule has 4 aliphatic rings. The number of hydrogen-bond donors (Lipinski definition) is 1. The van der Waals surface area contributed by atoms with E-state index in [0.717, 1.165) is 31.0 Å². The maximum Gasteiger partial charge on any atom is 0.149 e. The first-order valence-electron chi connectivity index (χ1n) is 7.39. The SMILES string of the molecule is CNc1nc(C2CN3CCN2CC3)nc2c1CCC2. The van der Waals surface area contributed by atoms with Crippen LogP contribution in [-0.4, -0.2) is 59.5 Å². The van der Waals surface area contributed by atoms with Gasteiger partial charge in [0.15, 0.2) is 0 Å². The van der Waals surface area contributed by atoms with Crippen LogP contribution in [0.15, 0.2) is 0 Å². The molecule has 1 aliphatic carbocycles. The molecule has 3 saturated heterocycles. The second kappa shape index (κ2) is 4.42. The molecule has 1 N–H and O–H groups in total. The number of nitrogens with zero attached hydrogens (tertiary/aromatic N) is 4. The van der Waals surface area contributed by atoms with Crippen LogP contribution in [0.5, 0.6) is 0 Å². The highest BCUT2D eigenvalue weighted by molar-refractivity contribution is 5.48. The van der Waals surface area contributed by atoms with Crippen molar-refractivity contribution in [1.82, 2.24) is 19.8 Å². The fourth-order valence-electron chi connectivity index (χ4n) is 3.67. The van der Waals surface area contributed by atoms with Crippen LogP contribution in [0.3, 0.4) is 0 Å². The second-order valence-corrected chi connectivity index (χ2v) is 5.81. The van der Waals surface area contributed by atoms with E-state index in [9.17, 15) is 0 Å². The van der Waals surface area contributed by atoms with Gasteiger partial charge in [0.05, 0.1) is 6.04 Å². The molecule has 5 heteroatoms. The van der Waals surface area contributed by atoms with E-state index < -0.39 is 0 Å². The molecule has 3 aliphatic heterocycles. The third-order valence-electron chi connectivity index (χ3n) is 4.76. The number of hydrogen-bond acceptors (Lipinski definition) is 5. The molecule has 5 nitrogen and oxygen atoms in total. The highest BCUT2D eigenvalue weighted by Crippen LogP contribution is 2.31. The molecule has 2 bridgehead atoms. The number of piperazine rings is 3. The molecular formula is C14H21N5. The van der Waals surface area contributed by atoms with Crippen molar-refractivity contribution in [3.8, 4) is 0 Å². The van der Waals surface area contributed by atoms with Gasteiger partial charge in [-0.3, -0.25) is 9.80 Å². The van der Waals surface area contributed by atoms with Crippen LogP contribution in [0.25, 0.3) is 0 Å². The molecule has 1 aromatic rings. The number of aryl methyl sites for hydroxylation is 1. The van der Waals surface area contributed by atoms with E-state index in [1.54, 1.807) is 0 Å². The zero-order valence-corrected chi connectivity index (χ0v) is 11.5. The zero-order chi connectivity index (χ0) is 12.8. The van der Waals surface area contributed by atoms with Gasteiger partial charge in [0.2, 0.25) is 0 Å². The number of nitrogens with one attached hydrogen (secondary N) is 1. The summed E-state index contributed by atoms with van der Waals surface area (Å²) in [7, 11) is 1.97. The molecule has 5 rings (SSSR count). The van der Waals surface area contributed by atoms with E-state index in [4.69, 9.17) is 9.97 Å². The molecule has 0 aromatic carbocycles. The van der Waals surface area contributed by atoms with E-state index in [1.165, 1.54) is 43.9 Å². The molecule has 0 radical (unpaired) electrons. The quantitative estimate of drug-likeness (QED) is 0.846. The first-order chi connectivity index (χ1) is 9.35. The summed E-state index contributed by atoms with van der Waals surface area (Å²) in [4.78, 5) is 14.8. The Labute approximate surface area is 114 Å². The summed E-state index contributed by atoms with van der Waals surface area (Å²) in [5.41, 5.74) is 2.63. The van der Waals surface area contributed by atoms with Crippen LogP contribution >= 0.6 is 0 Å². The van der Waals surface area contributed by atoms with Crippen molar-refractivity contribution < 1.29 is 0 Å². The molecular weight excluding hydrogens is 238 g/mol. The van der Waals surface area contributed by atoms with Crippen molar-refractivity contribution in [3.63, 3.8) is 0 Å². The summed E-state index contributed by atoms with van der Waals surface area (Å²) in [6.07, 6.45) is 3.48. The van der Waals surface area contributed by atoms with Gasteiger partial charge in [-0.05, 0) is 19.3 Å². The molecule has 0 spiro atoms. The molecule has 102 valence electrons. The lowest BCUT2D eigenvalue weighted by Crippen LogP contribution is -2.57. The van der Waals surface area contributed by atoms with E-state index in [0.29, 0.717) is 6.04 Å². The third kappa shape index (κ3) is 1.83. The van der Waals surface area contributed by atoms with Gasteiger partial charge in [0, 0.05) is 51.0 Å². The molecule has 19 heavy (non-hydrogen) atoms. The molecule has 0 saturated carbocycles. The van der Waals surface area contributed by atoms with Gasteiger partial charge in [-0.15, -0.1) is 0 Å². The summed E-state index contributed by atoms with van der Waals surface area (Å²) < 4.78 is 0. The van der Waals surface area contributed by atoms with Crippen molar-refractivity contribution >= 4 is 5.82 Å². The predicted octanol–water partition coefficient (Wildman–Crippen LogP) is 0.679. The Morgan fingerprint density at radius 3 is 2.63 bits per heavy atom. The lowest BCUT2D eigenvalue weighted by molar-refractivity contribution is 0.00863. The lowest BCUT2D eigenvalue weighted by Gasteiger charge is -2.46. The van der Waals surface area contributed by atoms with Crippen molar-refractivity contribution in [2.75, 3.05) is 45.1 Å². The molecule has 0 amide bonds. The standard InChI is InChI=1S/C14H21N5/c1-15-13-10-3-2-4-11(10)16-14(17-13)12-9-18-5-7-19(12)8-6-18/h12H,2-9H2,1H3,(H,15,16,17). The molecule has 1 aromatic heterocycles. The molecule has 4 heterocycles. The first kappa shape index (κ1) is 11.6. The van der Waals surface area contributed by atoms with Gasteiger partial charge in [-0.25, -0.2) is 9.97 Å². The largest absolute Gasteiger partial charge is 0.373 e. The minimum Gasteiger partial charge on any atom is -0.373 e. The lowest BCUT2D eigenvalue weighted by atomic mass is 10.1. The zero-order valence-electron chi connectivity index (χ0n) is 11.5. The summed E-state index contributed by atoms with van der Waals surface area (Å²) >= 11 is 0. The summed E-state index contributed by atoms with van der Waals surface area (Å²) in [6, 6.07) is 0.403. The maximum atomic E-state index is 4.88. The monoisotopic (exact) mass is 259 g/mol. The van der Waals surface area contributed by atoms with Crippen molar-refractivity contribution in [3.05, 3.63) is 17.1 Å². The molecule has 3 fully saturated rings. The van der Waals surface area contributed by atoms with E-state index in [1.807, 2.05) is 7.05 Å². The number of aromatic nitrogens is 2. The van der Waals surface area contributed by atoms with Gasteiger partial charge >= 0.3 is 0 Å². The Morgan fingerprint density at radius 2 is 1.95 bits per heavy atom. The average Bonchev–Trinajstić information content (AvgIpc) is 2.95. The molecule has 1 atom stereocenters. The van der Waals surface area contributed by atoms with Crippen LogP contribution in [0, 0.1) is 0 Å². The Balaban J connectivity index is 1.71. The highest BCUT2D eigenvalue weighted by Gasteiger charge is 2.35. The normalized spacial score (nSPS) is 32.4. The topological polar surface area (TPSA) is 44.3 Å². The van der Waals surface area contributed by atoms with Crippen LogP contribution in [0.1, 0.15) is 29.5 Å². The third-order valence-corrected chi connectivity index (χ3v) is 4.76. The fourth-order valence-corrected chi connectivity index (χ4v) is 3.67. The van der Waals surface area contributed by atoms with Gasteiger partial charge in [0.25, 0.3) is 0 Å². The van der Waals surface area contributed by atoms with E-state index >= 15 is 0 Å². The van der Waals surface area contributed by atoms with E-state index in [2.05, 4.69) is 15.1 Å². The Bertz CT molecular complexity index is 493. The summed E-state index contributed by atoms with van der Waals surface area (Å²) in [5.74, 6) is 2.10. The van der Waals surface area contributed by atoms with Gasteiger partial charge < -0.3 is 5.32 Å². The van der Waals surface area contributed by atoms with Gasteiger partial charge in [-0.1, -0.05) is 0 Å². The predicted molar refractivity (Wildman–Crippen MR) is 74.4 cm³/mol. The Morgan fingerprint density at radius 1 is 1.11 bits per heavy atom. The smallest absolute Gasteiger partial charge is 0.149 e. The van der Waals surface area contributed by atoms with E-state index in [-0.39, 0.29) is 0 Å². The minimum absolute atomic E-state index is 0.403. The van der Waals surface area contributed by atoms with Crippen molar-refractivity contribution in [2.45, 2.75) is 25.3 Å². The average molecular weight is 259 g/mol. The molecule has 1 unspecified atom stereocenters. The maximum absolute atomic E-state index is 4.88. The second-order valence-electron chi connectivity index (χ2n) is 5.81. The number of fused-ring (bicyclic) bond motifs is 4. The van der Waals surface area contributed by atoms with Crippen LogP contribution < -0.4 is 5.32 Å². The fraction of sp³-hybridized carbons (Fsp3) is 0.714. The van der Waals surface area contributed by atoms with Gasteiger partial charge in [-0.2, -0.15) is 0 Å².